The van der Waals surface area contributed by atoms with Gasteiger partial charge in [-0.05, 0) is 31.0 Å². The molecule has 5 nitrogen and oxygen atoms in total. The van der Waals surface area contributed by atoms with Gasteiger partial charge in [0.15, 0.2) is 0 Å². The van der Waals surface area contributed by atoms with Crippen molar-refractivity contribution in [2.75, 3.05) is 7.11 Å². The summed E-state index contributed by atoms with van der Waals surface area (Å²) >= 11 is 6.14. The normalized spacial score (nSPS) is 22.2. The molecule has 25 heavy (non-hydrogen) atoms. The van der Waals surface area contributed by atoms with E-state index in [9.17, 15) is 9.90 Å². The van der Waals surface area contributed by atoms with Gasteiger partial charge in [0, 0.05) is 28.9 Å². The van der Waals surface area contributed by atoms with Crippen LogP contribution in [0.2, 0.25) is 5.02 Å². The molecule has 1 heterocycles. The molecule has 7 heteroatoms. The maximum absolute atomic E-state index is 15.5. The Hall–Kier alpha value is -2.18. The first-order valence-electron chi connectivity index (χ1n) is 7.89. The summed E-state index contributed by atoms with van der Waals surface area (Å²) in [4.78, 5) is 16.6. The molecule has 0 aliphatic heterocycles. The minimum Gasteiger partial charge on any atom is -0.496 e. The summed E-state index contributed by atoms with van der Waals surface area (Å²) in [6.07, 6.45) is 0.624. The molecule has 1 aromatic carbocycles. The average Bonchev–Trinajstić information content (AvgIpc) is 2.63. The lowest BCUT2D eigenvalue weighted by Crippen LogP contribution is -2.44. The molecule has 1 amide bonds. The van der Waals surface area contributed by atoms with Crippen LogP contribution in [0.4, 0.5) is 4.39 Å². The summed E-state index contributed by atoms with van der Waals surface area (Å²) < 4.78 is 20.7. The number of pyridine rings is 1. The Balaban J connectivity index is 1.84. The molecular formula is C18H18ClFN2O3. The highest BCUT2D eigenvalue weighted by Crippen LogP contribution is 2.42. The van der Waals surface area contributed by atoms with Crippen LogP contribution in [0, 0.1) is 0 Å². The molecule has 132 valence electrons. The predicted octanol–water partition coefficient (Wildman–Crippen LogP) is 3.05. The molecule has 1 aromatic heterocycles. The van der Waals surface area contributed by atoms with Gasteiger partial charge in [-0.2, -0.15) is 0 Å². The molecule has 2 atom stereocenters. The number of benzene rings is 1. The number of ether oxygens (including phenoxy) is 1. The van der Waals surface area contributed by atoms with Crippen LogP contribution in [-0.2, 0) is 17.0 Å². The third-order valence-electron chi connectivity index (χ3n) is 4.42. The lowest BCUT2D eigenvalue weighted by Gasteiger charge is -2.32. The SMILES string of the molecule is COc1cccc(Cl)c1CNC(=O)[C@]1(F)CC[C@H](O)c2ncccc21. The first-order valence-corrected chi connectivity index (χ1v) is 8.27. The molecule has 0 saturated carbocycles. The molecule has 0 unspecified atom stereocenters. The van der Waals surface area contributed by atoms with Gasteiger partial charge in [0.05, 0.1) is 18.9 Å². The Morgan fingerprint density at radius 2 is 2.28 bits per heavy atom. The Kier molecular flexibility index (Phi) is 4.92. The van der Waals surface area contributed by atoms with Crippen LogP contribution >= 0.6 is 11.6 Å². The van der Waals surface area contributed by atoms with Crippen LogP contribution in [0.1, 0.15) is 35.8 Å². The minimum atomic E-state index is -2.24. The topological polar surface area (TPSA) is 71.5 Å². The summed E-state index contributed by atoms with van der Waals surface area (Å²) in [6, 6.07) is 8.16. The zero-order valence-corrected chi connectivity index (χ0v) is 14.4. The first kappa shape index (κ1) is 17.6. The largest absolute Gasteiger partial charge is 0.496 e. The van der Waals surface area contributed by atoms with Crippen molar-refractivity contribution in [1.82, 2.24) is 10.3 Å². The number of methoxy groups -OCH3 is 1. The number of carbonyl (C=O) groups is 1. The number of carbonyl (C=O) groups excluding carboxylic acids is 1. The van der Waals surface area contributed by atoms with E-state index in [4.69, 9.17) is 16.3 Å². The number of aliphatic hydroxyl groups is 1. The van der Waals surface area contributed by atoms with E-state index in [1.54, 1.807) is 24.3 Å². The van der Waals surface area contributed by atoms with Gasteiger partial charge in [-0.3, -0.25) is 9.78 Å². The van der Waals surface area contributed by atoms with Crippen molar-refractivity contribution in [3.8, 4) is 5.75 Å². The van der Waals surface area contributed by atoms with Gasteiger partial charge in [-0.1, -0.05) is 23.7 Å². The van der Waals surface area contributed by atoms with Crippen LogP contribution in [0.5, 0.6) is 5.75 Å². The Morgan fingerprint density at radius 1 is 1.48 bits per heavy atom. The van der Waals surface area contributed by atoms with Crippen molar-refractivity contribution in [3.05, 3.63) is 58.4 Å². The van der Waals surface area contributed by atoms with Gasteiger partial charge in [-0.25, -0.2) is 4.39 Å². The Labute approximate surface area is 149 Å². The molecular weight excluding hydrogens is 347 g/mol. The summed E-state index contributed by atoms with van der Waals surface area (Å²) in [5.41, 5.74) is -1.35. The van der Waals surface area contributed by atoms with Gasteiger partial charge in [0.2, 0.25) is 5.67 Å². The highest BCUT2D eigenvalue weighted by Gasteiger charge is 2.46. The molecule has 0 bridgehead atoms. The zero-order valence-electron chi connectivity index (χ0n) is 13.6. The van der Waals surface area contributed by atoms with E-state index in [1.165, 1.54) is 19.4 Å². The summed E-state index contributed by atoms with van der Waals surface area (Å²) in [7, 11) is 1.50. The Morgan fingerprint density at radius 3 is 3.04 bits per heavy atom. The monoisotopic (exact) mass is 364 g/mol. The van der Waals surface area contributed by atoms with Gasteiger partial charge in [-0.15, -0.1) is 0 Å². The highest BCUT2D eigenvalue weighted by atomic mass is 35.5. The van der Waals surface area contributed by atoms with Crippen molar-refractivity contribution in [2.45, 2.75) is 31.2 Å². The summed E-state index contributed by atoms with van der Waals surface area (Å²) in [5.74, 6) is -0.266. The fourth-order valence-electron chi connectivity index (χ4n) is 3.07. The molecule has 3 rings (SSSR count). The van der Waals surface area contributed by atoms with E-state index in [-0.39, 0.29) is 30.6 Å². The minimum absolute atomic E-state index is 0.0332. The van der Waals surface area contributed by atoms with Gasteiger partial charge in [0.1, 0.15) is 5.75 Å². The van der Waals surface area contributed by atoms with Crippen molar-refractivity contribution in [2.24, 2.45) is 0 Å². The van der Waals surface area contributed by atoms with E-state index in [0.717, 1.165) is 0 Å². The summed E-state index contributed by atoms with van der Waals surface area (Å²) in [5, 5.41) is 13.0. The lowest BCUT2D eigenvalue weighted by atomic mass is 9.81. The quantitative estimate of drug-likeness (QED) is 0.874. The fourth-order valence-corrected chi connectivity index (χ4v) is 3.30. The second-order valence-corrected chi connectivity index (χ2v) is 6.30. The molecule has 0 radical (unpaired) electrons. The number of hydrogen-bond acceptors (Lipinski definition) is 4. The van der Waals surface area contributed by atoms with Crippen LogP contribution in [-0.4, -0.2) is 23.1 Å². The van der Waals surface area contributed by atoms with Crippen LogP contribution in [0.15, 0.2) is 36.5 Å². The lowest BCUT2D eigenvalue weighted by molar-refractivity contribution is -0.135. The number of amides is 1. The number of rotatable bonds is 4. The number of aromatic nitrogens is 1. The average molecular weight is 365 g/mol. The van der Waals surface area contributed by atoms with Crippen LogP contribution in [0.3, 0.4) is 0 Å². The molecule has 1 aliphatic rings. The van der Waals surface area contributed by atoms with Crippen LogP contribution in [0.25, 0.3) is 0 Å². The van der Waals surface area contributed by atoms with Gasteiger partial charge in [0.25, 0.3) is 5.91 Å². The van der Waals surface area contributed by atoms with Crippen molar-refractivity contribution in [3.63, 3.8) is 0 Å². The third kappa shape index (κ3) is 3.19. The number of nitrogens with zero attached hydrogens (tertiary/aromatic N) is 1. The molecule has 2 N–H and O–H groups in total. The number of halogens is 2. The van der Waals surface area contributed by atoms with E-state index < -0.39 is 17.7 Å². The second kappa shape index (κ2) is 6.98. The predicted molar refractivity (Wildman–Crippen MR) is 91.1 cm³/mol. The molecule has 2 aromatic rings. The Bertz CT molecular complexity index is 802. The smallest absolute Gasteiger partial charge is 0.262 e. The van der Waals surface area contributed by atoms with Crippen molar-refractivity contribution < 1.29 is 19.0 Å². The van der Waals surface area contributed by atoms with E-state index in [0.29, 0.717) is 16.3 Å². The number of fused-ring (bicyclic) bond motifs is 1. The maximum Gasteiger partial charge on any atom is 0.262 e. The standard InChI is InChI=1S/C18H18ClFN2O3/c1-25-15-6-2-5-13(19)11(15)10-22-17(24)18(20)8-7-14(23)16-12(18)4-3-9-21-16/h2-6,9,14,23H,7-8,10H2,1H3,(H,22,24)/t14-,18-/m0/s1. The van der Waals surface area contributed by atoms with Gasteiger partial charge < -0.3 is 15.2 Å². The first-order chi connectivity index (χ1) is 12.0. The number of aliphatic hydroxyl groups excluding tert-OH is 1. The number of hydrogen-bond donors (Lipinski definition) is 2. The van der Waals surface area contributed by atoms with Gasteiger partial charge >= 0.3 is 0 Å². The molecule has 1 aliphatic carbocycles. The van der Waals surface area contributed by atoms with Crippen LogP contribution < -0.4 is 10.1 Å². The van der Waals surface area contributed by atoms with Crippen molar-refractivity contribution >= 4 is 17.5 Å². The zero-order chi connectivity index (χ0) is 18.0. The summed E-state index contributed by atoms with van der Waals surface area (Å²) in [6.45, 7) is 0.0332. The number of alkyl halides is 1. The van der Waals surface area contributed by atoms with E-state index >= 15 is 4.39 Å². The van der Waals surface area contributed by atoms with E-state index in [1.807, 2.05) is 0 Å². The molecule has 0 saturated heterocycles. The van der Waals surface area contributed by atoms with E-state index in [2.05, 4.69) is 10.3 Å². The third-order valence-corrected chi connectivity index (χ3v) is 4.78. The molecule has 0 spiro atoms. The molecule has 0 fully saturated rings. The number of nitrogens with one attached hydrogen (secondary N) is 1. The maximum atomic E-state index is 15.5. The fraction of sp³-hybridized carbons (Fsp3) is 0.333. The highest BCUT2D eigenvalue weighted by molar-refractivity contribution is 6.31. The second-order valence-electron chi connectivity index (χ2n) is 5.90. The van der Waals surface area contributed by atoms with Crippen molar-refractivity contribution in [1.29, 1.82) is 0 Å².